The van der Waals surface area contributed by atoms with Crippen molar-refractivity contribution in [2.24, 2.45) is 5.92 Å². The first-order chi connectivity index (χ1) is 9.63. The molecule has 1 rings (SSSR count). The highest BCUT2D eigenvalue weighted by Crippen LogP contribution is 2.15. The number of hydrogen-bond acceptors (Lipinski definition) is 4. The summed E-state index contributed by atoms with van der Waals surface area (Å²) in [6.45, 7) is 12.9. The van der Waals surface area contributed by atoms with Gasteiger partial charge in [-0.3, -0.25) is 0 Å². The molecule has 1 aromatic rings. The van der Waals surface area contributed by atoms with Crippen LogP contribution < -0.4 is 5.32 Å². The number of nitrogens with one attached hydrogen (secondary N) is 1. The van der Waals surface area contributed by atoms with Gasteiger partial charge in [0.05, 0.1) is 19.8 Å². The van der Waals surface area contributed by atoms with E-state index in [0.717, 1.165) is 37.6 Å². The Hall–Kier alpha value is -0.840. The van der Waals surface area contributed by atoms with Crippen molar-refractivity contribution in [2.45, 2.75) is 47.3 Å². The fourth-order valence-corrected chi connectivity index (χ4v) is 1.85. The molecule has 0 bridgehead atoms. The molecule has 4 heteroatoms. The van der Waals surface area contributed by atoms with Crippen LogP contribution in [0.5, 0.6) is 0 Å². The van der Waals surface area contributed by atoms with Gasteiger partial charge in [0.2, 0.25) is 0 Å². The lowest BCUT2D eigenvalue weighted by Crippen LogP contribution is -2.18. The normalized spacial score (nSPS) is 11.4. The van der Waals surface area contributed by atoms with Crippen molar-refractivity contribution >= 4 is 0 Å². The van der Waals surface area contributed by atoms with Crippen molar-refractivity contribution in [1.82, 2.24) is 5.32 Å². The topological polar surface area (TPSA) is 43.6 Å². The summed E-state index contributed by atoms with van der Waals surface area (Å²) >= 11 is 0. The van der Waals surface area contributed by atoms with E-state index in [1.54, 1.807) is 0 Å². The van der Waals surface area contributed by atoms with Crippen molar-refractivity contribution in [2.75, 3.05) is 26.4 Å². The van der Waals surface area contributed by atoms with Crippen molar-refractivity contribution in [3.05, 3.63) is 23.2 Å². The summed E-state index contributed by atoms with van der Waals surface area (Å²) in [6.07, 6.45) is 1.05. The molecule has 1 heterocycles. The zero-order chi connectivity index (χ0) is 14.8. The van der Waals surface area contributed by atoms with E-state index in [4.69, 9.17) is 13.9 Å². The van der Waals surface area contributed by atoms with Crippen LogP contribution in [-0.4, -0.2) is 26.4 Å². The third-order valence-electron chi connectivity index (χ3n) is 2.87. The van der Waals surface area contributed by atoms with Crippen LogP contribution in [0.1, 0.15) is 44.3 Å². The second kappa shape index (κ2) is 9.97. The highest BCUT2D eigenvalue weighted by molar-refractivity contribution is 5.19. The SMILES string of the molecule is CCCOCCOCc1cc(C)c(CNCC(C)C)o1. The fraction of sp³-hybridized carbons (Fsp3) is 0.750. The van der Waals surface area contributed by atoms with Gasteiger partial charge in [0.15, 0.2) is 0 Å². The van der Waals surface area contributed by atoms with Crippen molar-refractivity contribution in [3.8, 4) is 0 Å². The van der Waals surface area contributed by atoms with E-state index in [9.17, 15) is 0 Å². The number of furan rings is 1. The van der Waals surface area contributed by atoms with Crippen LogP contribution in [0.15, 0.2) is 10.5 Å². The molecule has 1 N–H and O–H groups in total. The predicted octanol–water partition coefficient (Wildman–Crippen LogP) is 3.28. The monoisotopic (exact) mass is 283 g/mol. The van der Waals surface area contributed by atoms with Crippen molar-refractivity contribution < 1.29 is 13.9 Å². The van der Waals surface area contributed by atoms with E-state index < -0.39 is 0 Å². The summed E-state index contributed by atoms with van der Waals surface area (Å²) in [6, 6.07) is 2.05. The summed E-state index contributed by atoms with van der Waals surface area (Å²) in [5.74, 6) is 2.54. The number of aryl methyl sites for hydroxylation is 1. The zero-order valence-electron chi connectivity index (χ0n) is 13.3. The van der Waals surface area contributed by atoms with Gasteiger partial charge in [-0.05, 0) is 37.4 Å². The molecule has 0 fully saturated rings. The second-order valence-corrected chi connectivity index (χ2v) is 5.51. The van der Waals surface area contributed by atoms with E-state index in [1.165, 1.54) is 5.56 Å². The molecule has 116 valence electrons. The largest absolute Gasteiger partial charge is 0.462 e. The highest BCUT2D eigenvalue weighted by Gasteiger charge is 2.07. The number of rotatable bonds is 11. The Balaban J connectivity index is 2.23. The van der Waals surface area contributed by atoms with Gasteiger partial charge < -0.3 is 19.2 Å². The average Bonchev–Trinajstić information content (AvgIpc) is 2.74. The van der Waals surface area contributed by atoms with Crippen LogP contribution in [0.4, 0.5) is 0 Å². The van der Waals surface area contributed by atoms with E-state index in [-0.39, 0.29) is 0 Å². The molecule has 0 aromatic carbocycles. The molecule has 0 saturated heterocycles. The van der Waals surface area contributed by atoms with Crippen LogP contribution in [-0.2, 0) is 22.6 Å². The molecule has 0 unspecified atom stereocenters. The molecule has 1 aromatic heterocycles. The summed E-state index contributed by atoms with van der Waals surface area (Å²) in [5.41, 5.74) is 1.18. The van der Waals surface area contributed by atoms with Crippen LogP contribution in [0, 0.1) is 12.8 Å². The molecule has 0 saturated carbocycles. The smallest absolute Gasteiger partial charge is 0.130 e. The summed E-state index contributed by atoms with van der Waals surface area (Å²) in [7, 11) is 0. The van der Waals surface area contributed by atoms with E-state index in [2.05, 4.69) is 39.1 Å². The first-order valence-electron chi connectivity index (χ1n) is 7.57. The Labute approximate surface area is 122 Å². The highest BCUT2D eigenvalue weighted by atomic mass is 16.5. The predicted molar refractivity (Wildman–Crippen MR) is 80.8 cm³/mol. The first-order valence-corrected chi connectivity index (χ1v) is 7.57. The van der Waals surface area contributed by atoms with Crippen LogP contribution >= 0.6 is 0 Å². The van der Waals surface area contributed by atoms with Gasteiger partial charge >= 0.3 is 0 Å². The lowest BCUT2D eigenvalue weighted by molar-refractivity contribution is 0.0347. The molecular formula is C16H29NO3. The Kier molecular flexibility index (Phi) is 8.58. The maximum atomic E-state index is 5.80. The van der Waals surface area contributed by atoms with Crippen molar-refractivity contribution in [3.63, 3.8) is 0 Å². The van der Waals surface area contributed by atoms with Crippen LogP contribution in [0.25, 0.3) is 0 Å². The van der Waals surface area contributed by atoms with Gasteiger partial charge in [-0.2, -0.15) is 0 Å². The molecular weight excluding hydrogens is 254 g/mol. The van der Waals surface area contributed by atoms with Gasteiger partial charge in [0, 0.05) is 6.61 Å². The lowest BCUT2D eigenvalue weighted by Gasteiger charge is -2.06. The third-order valence-corrected chi connectivity index (χ3v) is 2.87. The van der Waals surface area contributed by atoms with E-state index in [0.29, 0.717) is 25.7 Å². The Morgan fingerprint density at radius 3 is 2.65 bits per heavy atom. The first kappa shape index (κ1) is 17.2. The van der Waals surface area contributed by atoms with Gasteiger partial charge in [-0.1, -0.05) is 20.8 Å². The Morgan fingerprint density at radius 2 is 1.95 bits per heavy atom. The maximum Gasteiger partial charge on any atom is 0.130 e. The molecule has 0 spiro atoms. The minimum absolute atomic E-state index is 0.514. The molecule has 0 aliphatic rings. The minimum Gasteiger partial charge on any atom is -0.462 e. The molecule has 0 aliphatic heterocycles. The number of hydrogen-bond donors (Lipinski definition) is 1. The minimum atomic E-state index is 0.514. The molecule has 20 heavy (non-hydrogen) atoms. The van der Waals surface area contributed by atoms with Crippen LogP contribution in [0.2, 0.25) is 0 Å². The van der Waals surface area contributed by atoms with Crippen molar-refractivity contribution in [1.29, 1.82) is 0 Å². The lowest BCUT2D eigenvalue weighted by atomic mass is 10.2. The third kappa shape index (κ3) is 7.08. The Bertz CT molecular complexity index is 361. The van der Waals surface area contributed by atoms with Gasteiger partial charge in [0.1, 0.15) is 18.1 Å². The molecule has 0 atom stereocenters. The maximum absolute atomic E-state index is 5.80. The molecule has 0 aliphatic carbocycles. The number of ether oxygens (including phenoxy) is 2. The second-order valence-electron chi connectivity index (χ2n) is 5.51. The zero-order valence-corrected chi connectivity index (χ0v) is 13.3. The van der Waals surface area contributed by atoms with Gasteiger partial charge in [-0.15, -0.1) is 0 Å². The standard InChI is InChI=1S/C16H29NO3/c1-5-6-18-7-8-19-12-15-9-14(4)16(20-15)11-17-10-13(2)3/h9,13,17H,5-8,10-12H2,1-4H3. The molecule has 4 nitrogen and oxygen atoms in total. The average molecular weight is 283 g/mol. The fourth-order valence-electron chi connectivity index (χ4n) is 1.85. The quantitative estimate of drug-likeness (QED) is 0.633. The van der Waals surface area contributed by atoms with Crippen LogP contribution in [0.3, 0.4) is 0 Å². The summed E-state index contributed by atoms with van der Waals surface area (Å²) < 4.78 is 16.7. The van der Waals surface area contributed by atoms with E-state index in [1.807, 2.05) is 0 Å². The molecule has 0 radical (unpaired) electrons. The van der Waals surface area contributed by atoms with Gasteiger partial charge in [-0.25, -0.2) is 0 Å². The summed E-state index contributed by atoms with van der Waals surface area (Å²) in [4.78, 5) is 0. The van der Waals surface area contributed by atoms with Gasteiger partial charge in [0.25, 0.3) is 0 Å². The summed E-state index contributed by atoms with van der Waals surface area (Å²) in [5, 5.41) is 3.39. The molecule has 0 amide bonds. The van der Waals surface area contributed by atoms with E-state index >= 15 is 0 Å². The Morgan fingerprint density at radius 1 is 1.20 bits per heavy atom.